The van der Waals surface area contributed by atoms with Crippen molar-refractivity contribution in [2.45, 2.75) is 57.9 Å². The molecule has 0 spiro atoms. The summed E-state index contributed by atoms with van der Waals surface area (Å²) in [5, 5.41) is 2.85. The van der Waals surface area contributed by atoms with Gasteiger partial charge in [0.1, 0.15) is 12.1 Å². The van der Waals surface area contributed by atoms with Gasteiger partial charge in [0.05, 0.1) is 0 Å². The molecular formula is C14H26N2O3S. The third kappa shape index (κ3) is 3.81. The van der Waals surface area contributed by atoms with Gasteiger partial charge in [-0.15, -0.1) is 0 Å². The summed E-state index contributed by atoms with van der Waals surface area (Å²) in [6.45, 7) is 8.16. The number of hydrogen-bond donors (Lipinski definition) is 1. The van der Waals surface area contributed by atoms with Crippen LogP contribution in [0.15, 0.2) is 0 Å². The SMILES string of the molecule is CCC1C(=O)NC(C(C)C)C(=O)N1CCC(C)S(C)=O. The van der Waals surface area contributed by atoms with E-state index in [1.54, 1.807) is 11.2 Å². The van der Waals surface area contributed by atoms with Crippen LogP contribution in [0.25, 0.3) is 0 Å². The van der Waals surface area contributed by atoms with Crippen molar-refractivity contribution in [2.75, 3.05) is 12.8 Å². The summed E-state index contributed by atoms with van der Waals surface area (Å²) in [5.41, 5.74) is 0. The Kier molecular flexibility index (Phi) is 6.17. The van der Waals surface area contributed by atoms with Gasteiger partial charge in [-0.05, 0) is 18.8 Å². The fraction of sp³-hybridized carbons (Fsp3) is 0.857. The van der Waals surface area contributed by atoms with Crippen LogP contribution in [-0.2, 0) is 20.4 Å². The van der Waals surface area contributed by atoms with Gasteiger partial charge >= 0.3 is 0 Å². The molecule has 0 radical (unpaired) electrons. The number of rotatable bonds is 6. The molecule has 1 fully saturated rings. The summed E-state index contributed by atoms with van der Waals surface area (Å²) in [6, 6.07) is -0.831. The zero-order valence-corrected chi connectivity index (χ0v) is 13.8. The van der Waals surface area contributed by atoms with Gasteiger partial charge in [0.25, 0.3) is 0 Å². The van der Waals surface area contributed by atoms with Crippen LogP contribution in [0.2, 0.25) is 0 Å². The molecule has 2 amide bonds. The van der Waals surface area contributed by atoms with Crippen LogP contribution >= 0.6 is 0 Å². The van der Waals surface area contributed by atoms with Crippen molar-refractivity contribution < 1.29 is 13.8 Å². The Labute approximate surface area is 123 Å². The molecule has 116 valence electrons. The molecule has 0 aliphatic carbocycles. The van der Waals surface area contributed by atoms with E-state index < -0.39 is 22.9 Å². The molecule has 0 aromatic carbocycles. The van der Waals surface area contributed by atoms with Crippen LogP contribution in [0, 0.1) is 5.92 Å². The predicted octanol–water partition coefficient (Wildman–Crippen LogP) is 0.905. The van der Waals surface area contributed by atoms with Crippen LogP contribution in [0.5, 0.6) is 0 Å². The number of nitrogens with zero attached hydrogens (tertiary/aromatic N) is 1. The largest absolute Gasteiger partial charge is 0.342 e. The van der Waals surface area contributed by atoms with Crippen molar-refractivity contribution >= 4 is 22.6 Å². The first-order valence-electron chi connectivity index (χ1n) is 7.22. The number of carbonyl (C=O) groups is 2. The van der Waals surface area contributed by atoms with E-state index in [1.165, 1.54) is 0 Å². The molecule has 0 aromatic rings. The lowest BCUT2D eigenvalue weighted by atomic mass is 9.96. The number of piperazine rings is 1. The van der Waals surface area contributed by atoms with E-state index in [-0.39, 0.29) is 23.0 Å². The van der Waals surface area contributed by atoms with Crippen LogP contribution in [0.4, 0.5) is 0 Å². The highest BCUT2D eigenvalue weighted by atomic mass is 32.2. The quantitative estimate of drug-likeness (QED) is 0.793. The zero-order valence-electron chi connectivity index (χ0n) is 13.0. The Morgan fingerprint density at radius 2 is 1.90 bits per heavy atom. The average Bonchev–Trinajstić information content (AvgIpc) is 2.38. The Balaban J connectivity index is 2.83. The number of carbonyl (C=O) groups excluding carboxylic acids is 2. The highest BCUT2D eigenvalue weighted by molar-refractivity contribution is 7.84. The molecule has 0 bridgehead atoms. The van der Waals surface area contributed by atoms with Gasteiger partial charge in [0, 0.05) is 28.9 Å². The first kappa shape index (κ1) is 17.1. The maximum atomic E-state index is 12.5. The fourth-order valence-electron chi connectivity index (χ4n) is 2.40. The van der Waals surface area contributed by atoms with Gasteiger partial charge < -0.3 is 10.2 Å². The minimum atomic E-state index is -0.904. The molecule has 4 atom stereocenters. The summed E-state index contributed by atoms with van der Waals surface area (Å²) in [6.07, 6.45) is 2.93. The van der Waals surface area contributed by atoms with E-state index in [4.69, 9.17) is 0 Å². The summed E-state index contributed by atoms with van der Waals surface area (Å²) < 4.78 is 11.4. The Hall–Kier alpha value is -0.910. The van der Waals surface area contributed by atoms with E-state index in [9.17, 15) is 13.8 Å². The number of hydrogen-bond acceptors (Lipinski definition) is 3. The zero-order chi connectivity index (χ0) is 15.4. The molecular weight excluding hydrogens is 276 g/mol. The molecule has 6 heteroatoms. The average molecular weight is 302 g/mol. The monoisotopic (exact) mass is 302 g/mol. The summed E-state index contributed by atoms with van der Waals surface area (Å²) in [7, 11) is -0.904. The molecule has 1 aliphatic heterocycles. The van der Waals surface area contributed by atoms with Crippen molar-refractivity contribution in [3.63, 3.8) is 0 Å². The molecule has 20 heavy (non-hydrogen) atoms. The van der Waals surface area contributed by atoms with E-state index in [2.05, 4.69) is 5.32 Å². The van der Waals surface area contributed by atoms with Crippen molar-refractivity contribution in [1.29, 1.82) is 0 Å². The van der Waals surface area contributed by atoms with Crippen LogP contribution < -0.4 is 5.32 Å². The molecule has 5 nitrogen and oxygen atoms in total. The van der Waals surface area contributed by atoms with Crippen molar-refractivity contribution in [3.8, 4) is 0 Å². The smallest absolute Gasteiger partial charge is 0.246 e. The van der Waals surface area contributed by atoms with E-state index in [0.29, 0.717) is 19.4 Å². The minimum absolute atomic E-state index is 0.0134. The molecule has 1 aliphatic rings. The van der Waals surface area contributed by atoms with Gasteiger partial charge in [-0.25, -0.2) is 0 Å². The number of nitrogens with one attached hydrogen (secondary N) is 1. The molecule has 1 N–H and O–H groups in total. The standard InChI is InChI=1S/C14H26N2O3S/c1-6-11-13(17)15-12(9(2)3)14(18)16(11)8-7-10(4)20(5)19/h9-12H,6-8H2,1-5H3,(H,15,17). The maximum absolute atomic E-state index is 12.5. The number of amides is 2. The summed E-state index contributed by atoms with van der Waals surface area (Å²) in [5.74, 6) is -0.0129. The lowest BCUT2D eigenvalue weighted by Crippen LogP contribution is -2.64. The highest BCUT2D eigenvalue weighted by Crippen LogP contribution is 2.18. The Morgan fingerprint density at radius 1 is 1.30 bits per heavy atom. The fourth-order valence-corrected chi connectivity index (χ4v) is 2.83. The lowest BCUT2D eigenvalue weighted by molar-refractivity contribution is -0.150. The first-order valence-corrected chi connectivity index (χ1v) is 8.84. The van der Waals surface area contributed by atoms with E-state index >= 15 is 0 Å². The molecule has 1 heterocycles. The van der Waals surface area contributed by atoms with Crippen molar-refractivity contribution in [3.05, 3.63) is 0 Å². The molecule has 1 rings (SSSR count). The predicted molar refractivity (Wildman–Crippen MR) is 80.7 cm³/mol. The van der Waals surface area contributed by atoms with Gasteiger partial charge in [-0.2, -0.15) is 0 Å². The van der Waals surface area contributed by atoms with Gasteiger partial charge in [0.2, 0.25) is 11.8 Å². The van der Waals surface area contributed by atoms with E-state index in [1.807, 2.05) is 27.7 Å². The Morgan fingerprint density at radius 3 is 2.35 bits per heavy atom. The van der Waals surface area contributed by atoms with Crippen LogP contribution in [-0.4, -0.2) is 51.1 Å². The minimum Gasteiger partial charge on any atom is -0.342 e. The lowest BCUT2D eigenvalue weighted by Gasteiger charge is -2.40. The molecule has 1 saturated heterocycles. The maximum Gasteiger partial charge on any atom is 0.246 e. The van der Waals surface area contributed by atoms with Crippen molar-refractivity contribution in [1.82, 2.24) is 10.2 Å². The highest BCUT2D eigenvalue weighted by Gasteiger charge is 2.40. The van der Waals surface area contributed by atoms with E-state index in [0.717, 1.165) is 0 Å². The molecule has 0 aromatic heterocycles. The summed E-state index contributed by atoms with van der Waals surface area (Å²) >= 11 is 0. The topological polar surface area (TPSA) is 66.5 Å². The Bertz CT molecular complexity index is 398. The van der Waals surface area contributed by atoms with Gasteiger partial charge in [0.15, 0.2) is 0 Å². The van der Waals surface area contributed by atoms with Gasteiger partial charge in [-0.3, -0.25) is 13.8 Å². The molecule has 0 saturated carbocycles. The summed E-state index contributed by atoms with van der Waals surface area (Å²) in [4.78, 5) is 26.3. The van der Waals surface area contributed by atoms with Crippen LogP contribution in [0.1, 0.15) is 40.5 Å². The van der Waals surface area contributed by atoms with Crippen LogP contribution in [0.3, 0.4) is 0 Å². The molecule has 4 unspecified atom stereocenters. The second kappa shape index (κ2) is 7.20. The first-order chi connectivity index (χ1) is 9.29. The third-order valence-corrected chi connectivity index (χ3v) is 5.29. The third-order valence-electron chi connectivity index (χ3n) is 3.92. The second-order valence-electron chi connectivity index (χ2n) is 5.78. The normalized spacial score (nSPS) is 26.6. The second-order valence-corrected chi connectivity index (χ2v) is 7.59. The van der Waals surface area contributed by atoms with Crippen molar-refractivity contribution in [2.24, 2.45) is 5.92 Å². The van der Waals surface area contributed by atoms with Gasteiger partial charge in [-0.1, -0.05) is 27.7 Å².